The molecule has 0 saturated heterocycles. The van der Waals surface area contributed by atoms with Crippen LogP contribution in [0.15, 0.2) is 42.5 Å². The first kappa shape index (κ1) is 21.2. The average Bonchev–Trinajstić information content (AvgIpc) is 2.67. The summed E-state index contributed by atoms with van der Waals surface area (Å²) in [4.78, 5) is 34.0. The molecule has 0 aliphatic carbocycles. The molecule has 0 aliphatic heterocycles. The van der Waals surface area contributed by atoms with Gasteiger partial charge in [0.2, 0.25) is 0 Å². The highest BCUT2D eigenvalue weighted by molar-refractivity contribution is 6.42. The number of amides is 1. The number of carbonyl (C=O) groups is 2. The molecular formula is C18H14Cl2N2O6. The number of nitrogens with zero attached hydrogens (tertiary/aromatic N) is 1. The third kappa shape index (κ3) is 5.97. The molecule has 0 aliphatic rings. The number of esters is 1. The molecule has 0 bridgehead atoms. The fourth-order valence-electron chi connectivity index (χ4n) is 2.05. The van der Waals surface area contributed by atoms with E-state index in [0.717, 1.165) is 6.08 Å². The molecule has 28 heavy (non-hydrogen) atoms. The van der Waals surface area contributed by atoms with E-state index >= 15 is 0 Å². The number of anilines is 1. The molecule has 1 amide bonds. The number of carbonyl (C=O) groups excluding carboxylic acids is 2. The molecule has 146 valence electrons. The summed E-state index contributed by atoms with van der Waals surface area (Å²) in [6, 6.07) is 8.72. The molecule has 0 heterocycles. The average molecular weight is 425 g/mol. The summed E-state index contributed by atoms with van der Waals surface area (Å²) in [5.74, 6) is -1.24. The quantitative estimate of drug-likeness (QED) is 0.310. The van der Waals surface area contributed by atoms with Crippen LogP contribution in [0.3, 0.4) is 0 Å². The van der Waals surface area contributed by atoms with E-state index in [1.54, 1.807) is 18.2 Å². The number of nitro benzene ring substituents is 1. The van der Waals surface area contributed by atoms with Crippen LogP contribution in [0.25, 0.3) is 6.08 Å². The zero-order chi connectivity index (χ0) is 20.7. The van der Waals surface area contributed by atoms with E-state index in [1.807, 2.05) is 0 Å². The minimum Gasteiger partial charge on any atom is -0.496 e. The van der Waals surface area contributed by atoms with Crippen molar-refractivity contribution in [3.63, 3.8) is 0 Å². The van der Waals surface area contributed by atoms with Crippen molar-refractivity contribution < 1.29 is 24.0 Å². The van der Waals surface area contributed by atoms with Gasteiger partial charge < -0.3 is 14.8 Å². The van der Waals surface area contributed by atoms with Gasteiger partial charge in [-0.2, -0.15) is 0 Å². The maximum Gasteiger partial charge on any atom is 0.331 e. The van der Waals surface area contributed by atoms with E-state index < -0.39 is 23.4 Å². The first-order valence-electron chi connectivity index (χ1n) is 7.72. The fourth-order valence-corrected chi connectivity index (χ4v) is 2.35. The van der Waals surface area contributed by atoms with E-state index in [4.69, 9.17) is 32.7 Å². The molecule has 0 spiro atoms. The lowest BCUT2D eigenvalue weighted by atomic mass is 10.2. The Labute approximate surface area is 169 Å². The molecule has 0 atom stereocenters. The van der Waals surface area contributed by atoms with Gasteiger partial charge in [0, 0.05) is 6.08 Å². The molecule has 0 saturated carbocycles. The SMILES string of the molecule is COc1ccc(NC(=O)COC(=O)C=Cc2ccc(Cl)c(Cl)c2)c([N+](=O)[O-])c1. The largest absolute Gasteiger partial charge is 0.496 e. The van der Waals surface area contributed by atoms with Crippen LogP contribution in [0, 0.1) is 10.1 Å². The normalized spacial score (nSPS) is 10.5. The first-order valence-corrected chi connectivity index (χ1v) is 8.48. The predicted octanol–water partition coefficient (Wildman–Crippen LogP) is 4.11. The monoisotopic (exact) mass is 424 g/mol. The standard InChI is InChI=1S/C18H14Cl2N2O6/c1-27-12-4-6-15(16(9-12)22(25)26)21-17(23)10-28-18(24)7-3-11-2-5-13(19)14(20)8-11/h2-9H,10H2,1H3,(H,21,23). The van der Waals surface area contributed by atoms with Gasteiger partial charge in [0.05, 0.1) is 28.1 Å². The maximum atomic E-state index is 11.9. The predicted molar refractivity (Wildman–Crippen MR) is 105 cm³/mol. The zero-order valence-corrected chi connectivity index (χ0v) is 16.0. The van der Waals surface area contributed by atoms with Crippen molar-refractivity contribution >= 4 is 52.5 Å². The van der Waals surface area contributed by atoms with Crippen molar-refractivity contribution in [1.82, 2.24) is 0 Å². The molecule has 2 aromatic carbocycles. The Morgan fingerprint density at radius 3 is 2.57 bits per heavy atom. The van der Waals surface area contributed by atoms with Gasteiger partial charge in [-0.1, -0.05) is 29.3 Å². The number of hydrogen-bond donors (Lipinski definition) is 1. The van der Waals surface area contributed by atoms with E-state index in [-0.39, 0.29) is 17.1 Å². The topological polar surface area (TPSA) is 108 Å². The van der Waals surface area contributed by atoms with Crippen LogP contribution in [0.5, 0.6) is 5.75 Å². The van der Waals surface area contributed by atoms with E-state index in [0.29, 0.717) is 15.6 Å². The van der Waals surface area contributed by atoms with Crippen LogP contribution in [0.4, 0.5) is 11.4 Å². The highest BCUT2D eigenvalue weighted by Crippen LogP contribution is 2.28. The Kier molecular flexibility index (Phi) is 7.36. The van der Waals surface area contributed by atoms with Gasteiger partial charge in [0.25, 0.3) is 11.6 Å². The first-order chi connectivity index (χ1) is 13.3. The number of hydrogen-bond acceptors (Lipinski definition) is 6. The van der Waals surface area contributed by atoms with Crippen LogP contribution in [-0.2, 0) is 14.3 Å². The second-order valence-electron chi connectivity index (χ2n) is 5.30. The van der Waals surface area contributed by atoms with Crippen molar-refractivity contribution in [2.45, 2.75) is 0 Å². The fraction of sp³-hybridized carbons (Fsp3) is 0.111. The molecule has 0 unspecified atom stereocenters. The number of nitro groups is 1. The smallest absolute Gasteiger partial charge is 0.331 e. The van der Waals surface area contributed by atoms with Crippen LogP contribution >= 0.6 is 23.2 Å². The Hall–Kier alpha value is -3.10. The van der Waals surface area contributed by atoms with Crippen LogP contribution in [0.1, 0.15) is 5.56 Å². The summed E-state index contributed by atoms with van der Waals surface area (Å²) in [5.41, 5.74) is 0.224. The van der Waals surface area contributed by atoms with E-state index in [2.05, 4.69) is 5.32 Å². The number of halogens is 2. The molecule has 2 aromatic rings. The number of methoxy groups -OCH3 is 1. The Morgan fingerprint density at radius 1 is 1.18 bits per heavy atom. The van der Waals surface area contributed by atoms with Crippen molar-refractivity contribution in [2.75, 3.05) is 19.0 Å². The van der Waals surface area contributed by atoms with Gasteiger partial charge in [-0.3, -0.25) is 14.9 Å². The summed E-state index contributed by atoms with van der Waals surface area (Å²) < 4.78 is 9.72. The summed E-state index contributed by atoms with van der Waals surface area (Å²) >= 11 is 11.7. The number of rotatable bonds is 7. The van der Waals surface area contributed by atoms with Gasteiger partial charge in [-0.25, -0.2) is 4.79 Å². The zero-order valence-electron chi connectivity index (χ0n) is 14.5. The van der Waals surface area contributed by atoms with Gasteiger partial charge in [-0.05, 0) is 35.9 Å². The van der Waals surface area contributed by atoms with Crippen molar-refractivity contribution in [1.29, 1.82) is 0 Å². The molecule has 10 heteroatoms. The molecular weight excluding hydrogens is 411 g/mol. The van der Waals surface area contributed by atoms with Crippen molar-refractivity contribution in [2.24, 2.45) is 0 Å². The van der Waals surface area contributed by atoms with Gasteiger partial charge in [-0.15, -0.1) is 0 Å². The number of benzene rings is 2. The maximum absolute atomic E-state index is 11.9. The molecule has 1 N–H and O–H groups in total. The van der Waals surface area contributed by atoms with Gasteiger partial charge in [0.1, 0.15) is 11.4 Å². The number of nitrogens with one attached hydrogen (secondary N) is 1. The minimum atomic E-state index is -0.773. The Morgan fingerprint density at radius 2 is 1.93 bits per heavy atom. The third-order valence-corrected chi connectivity index (χ3v) is 4.12. The molecule has 2 rings (SSSR count). The second kappa shape index (κ2) is 9.72. The minimum absolute atomic E-state index is 0.0433. The lowest BCUT2D eigenvalue weighted by Gasteiger charge is -2.07. The van der Waals surface area contributed by atoms with E-state index in [1.165, 1.54) is 31.4 Å². The summed E-state index contributed by atoms with van der Waals surface area (Å²) in [7, 11) is 1.36. The van der Waals surface area contributed by atoms with Crippen LogP contribution in [-0.4, -0.2) is 30.5 Å². The van der Waals surface area contributed by atoms with Crippen LogP contribution in [0.2, 0.25) is 10.0 Å². The second-order valence-corrected chi connectivity index (χ2v) is 6.12. The lowest BCUT2D eigenvalue weighted by molar-refractivity contribution is -0.384. The van der Waals surface area contributed by atoms with Gasteiger partial charge in [0.15, 0.2) is 6.61 Å². The molecule has 0 fully saturated rings. The molecule has 0 radical (unpaired) electrons. The van der Waals surface area contributed by atoms with E-state index in [9.17, 15) is 19.7 Å². The highest BCUT2D eigenvalue weighted by Gasteiger charge is 2.17. The van der Waals surface area contributed by atoms with Gasteiger partial charge >= 0.3 is 5.97 Å². The number of ether oxygens (including phenoxy) is 2. The van der Waals surface area contributed by atoms with Crippen molar-refractivity contribution in [3.05, 3.63) is 68.2 Å². The van der Waals surface area contributed by atoms with Crippen LogP contribution < -0.4 is 10.1 Å². The Balaban J connectivity index is 1.93. The Bertz CT molecular complexity index is 946. The molecule has 0 aromatic heterocycles. The third-order valence-electron chi connectivity index (χ3n) is 3.38. The summed E-state index contributed by atoms with van der Waals surface area (Å²) in [6.07, 6.45) is 2.56. The summed E-state index contributed by atoms with van der Waals surface area (Å²) in [5, 5.41) is 14.1. The molecule has 8 nitrogen and oxygen atoms in total. The highest BCUT2D eigenvalue weighted by atomic mass is 35.5. The van der Waals surface area contributed by atoms with Crippen molar-refractivity contribution in [3.8, 4) is 5.75 Å². The summed E-state index contributed by atoms with van der Waals surface area (Å²) in [6.45, 7) is -0.617. The lowest BCUT2D eigenvalue weighted by Crippen LogP contribution is -2.20.